The molecule has 2 heterocycles. The van der Waals surface area contributed by atoms with Crippen molar-refractivity contribution >= 4 is 5.78 Å². The maximum Gasteiger partial charge on any atom is 0.161 e. The van der Waals surface area contributed by atoms with E-state index in [1.165, 1.54) is 0 Å². The van der Waals surface area contributed by atoms with Gasteiger partial charge in [-0.15, -0.1) is 0 Å². The fourth-order valence-corrected chi connectivity index (χ4v) is 3.75. The van der Waals surface area contributed by atoms with E-state index >= 15 is 0 Å². The topological polar surface area (TPSA) is 73.2 Å². The lowest BCUT2D eigenvalue weighted by Gasteiger charge is -2.41. The van der Waals surface area contributed by atoms with Gasteiger partial charge in [-0.3, -0.25) is 9.69 Å². The van der Waals surface area contributed by atoms with Gasteiger partial charge in [-0.2, -0.15) is 0 Å². The van der Waals surface area contributed by atoms with Gasteiger partial charge in [0.25, 0.3) is 0 Å². The molecule has 7 nitrogen and oxygen atoms in total. The molecule has 1 aromatic carbocycles. The van der Waals surface area contributed by atoms with E-state index in [2.05, 4.69) is 4.90 Å². The fourth-order valence-electron chi connectivity index (χ4n) is 3.75. The summed E-state index contributed by atoms with van der Waals surface area (Å²) in [6, 6.07) is 7.56. The van der Waals surface area contributed by atoms with Gasteiger partial charge in [0.1, 0.15) is 6.10 Å². The molecule has 2 aromatic rings. The standard InChI is InChI=1S/C21H28N2O5/c1-14(25)16-9-17(22(2)11-16)12-23-7-8-28-20(13-24)21(23)15-5-6-18(26-3)19(10-15)27-4/h5-6,9-11,20-21,24H,7-8,12-13H2,1-4H3/t20-,21-/m1/s1. The van der Waals surface area contributed by atoms with E-state index in [4.69, 9.17) is 14.2 Å². The Morgan fingerprint density at radius 3 is 2.61 bits per heavy atom. The lowest BCUT2D eigenvalue weighted by molar-refractivity contribution is -0.0965. The first-order valence-electron chi connectivity index (χ1n) is 9.33. The number of ketones is 1. The second-order valence-corrected chi connectivity index (χ2v) is 7.01. The maximum absolute atomic E-state index is 11.7. The molecule has 0 amide bonds. The number of rotatable bonds is 7. The number of benzene rings is 1. The van der Waals surface area contributed by atoms with Crippen LogP contribution in [0, 0.1) is 0 Å². The molecule has 1 fully saturated rings. The van der Waals surface area contributed by atoms with Crippen molar-refractivity contribution in [1.29, 1.82) is 0 Å². The third-order valence-corrected chi connectivity index (χ3v) is 5.26. The molecule has 28 heavy (non-hydrogen) atoms. The highest BCUT2D eigenvalue weighted by Gasteiger charge is 2.34. The van der Waals surface area contributed by atoms with Gasteiger partial charge in [-0.1, -0.05) is 6.07 Å². The van der Waals surface area contributed by atoms with Crippen LogP contribution in [-0.2, 0) is 18.3 Å². The Balaban J connectivity index is 1.94. The molecule has 3 rings (SSSR count). The molecule has 152 valence electrons. The van der Waals surface area contributed by atoms with Crippen molar-refractivity contribution in [2.24, 2.45) is 7.05 Å². The Morgan fingerprint density at radius 2 is 2.00 bits per heavy atom. The minimum absolute atomic E-state index is 0.0495. The molecule has 7 heteroatoms. The number of aliphatic hydroxyl groups is 1. The van der Waals surface area contributed by atoms with Gasteiger partial charge in [0.15, 0.2) is 17.3 Å². The van der Waals surface area contributed by atoms with Crippen molar-refractivity contribution in [3.05, 3.63) is 47.3 Å². The van der Waals surface area contributed by atoms with Gasteiger partial charge in [-0.25, -0.2) is 0 Å². The van der Waals surface area contributed by atoms with Gasteiger partial charge in [-0.05, 0) is 30.7 Å². The SMILES string of the molecule is COc1ccc([C@@H]2[C@@H](CO)OCCN2Cc2cc(C(C)=O)cn2C)cc1OC. The van der Waals surface area contributed by atoms with Crippen LogP contribution in [0.2, 0.25) is 0 Å². The Kier molecular flexibility index (Phi) is 6.39. The predicted molar refractivity (Wildman–Crippen MR) is 105 cm³/mol. The van der Waals surface area contributed by atoms with Gasteiger partial charge < -0.3 is 23.9 Å². The number of methoxy groups -OCH3 is 2. The smallest absolute Gasteiger partial charge is 0.161 e. The lowest BCUT2D eigenvalue weighted by atomic mass is 9.97. The van der Waals surface area contributed by atoms with E-state index in [1.807, 2.05) is 42.1 Å². The first-order valence-corrected chi connectivity index (χ1v) is 9.33. The summed E-state index contributed by atoms with van der Waals surface area (Å²) < 4.78 is 18.6. The highest BCUT2D eigenvalue weighted by Crippen LogP contribution is 2.36. The van der Waals surface area contributed by atoms with E-state index < -0.39 is 0 Å². The Labute approximate surface area is 165 Å². The van der Waals surface area contributed by atoms with Crippen LogP contribution in [0.25, 0.3) is 0 Å². The number of carbonyl (C=O) groups is 1. The molecule has 1 aromatic heterocycles. The van der Waals surface area contributed by atoms with Crippen LogP contribution < -0.4 is 9.47 Å². The highest BCUT2D eigenvalue weighted by atomic mass is 16.5. The molecule has 1 N–H and O–H groups in total. The summed E-state index contributed by atoms with van der Waals surface area (Å²) in [4.78, 5) is 14.0. The Bertz CT molecular complexity index is 832. The summed E-state index contributed by atoms with van der Waals surface area (Å²) in [7, 11) is 5.15. The quantitative estimate of drug-likeness (QED) is 0.733. The largest absolute Gasteiger partial charge is 0.493 e. The monoisotopic (exact) mass is 388 g/mol. The number of aryl methyl sites for hydroxylation is 1. The van der Waals surface area contributed by atoms with Gasteiger partial charge >= 0.3 is 0 Å². The van der Waals surface area contributed by atoms with E-state index in [0.717, 1.165) is 17.8 Å². The summed E-state index contributed by atoms with van der Waals surface area (Å²) in [6.07, 6.45) is 1.51. The van der Waals surface area contributed by atoms with E-state index in [9.17, 15) is 9.90 Å². The van der Waals surface area contributed by atoms with E-state index in [0.29, 0.717) is 30.2 Å². The molecule has 0 unspecified atom stereocenters. The average Bonchev–Trinajstić information content (AvgIpc) is 3.08. The zero-order valence-corrected chi connectivity index (χ0v) is 16.8. The predicted octanol–water partition coefficient (Wildman–Crippen LogP) is 2.18. The van der Waals surface area contributed by atoms with Gasteiger partial charge in [0.05, 0.1) is 33.5 Å². The van der Waals surface area contributed by atoms with Crippen molar-refractivity contribution in [3.63, 3.8) is 0 Å². The molecule has 2 atom stereocenters. The minimum atomic E-state index is -0.348. The van der Waals surface area contributed by atoms with Crippen LogP contribution in [0.5, 0.6) is 11.5 Å². The van der Waals surface area contributed by atoms with E-state index in [-0.39, 0.29) is 24.5 Å². The molecule has 0 bridgehead atoms. The number of carbonyl (C=O) groups excluding carboxylic acids is 1. The van der Waals surface area contributed by atoms with Crippen LogP contribution in [0.1, 0.15) is 34.6 Å². The zero-order valence-electron chi connectivity index (χ0n) is 16.8. The summed E-state index contributed by atoms with van der Waals surface area (Å²) in [5.74, 6) is 1.34. The number of aromatic nitrogens is 1. The molecular weight excluding hydrogens is 360 g/mol. The molecular formula is C21H28N2O5. The molecule has 1 aliphatic rings. The molecule has 0 saturated carbocycles. The molecule has 1 saturated heterocycles. The Hall–Kier alpha value is -2.35. The second kappa shape index (κ2) is 8.77. The van der Waals surface area contributed by atoms with Gasteiger partial charge in [0.2, 0.25) is 0 Å². The van der Waals surface area contributed by atoms with Crippen molar-refractivity contribution in [2.45, 2.75) is 25.6 Å². The molecule has 1 aliphatic heterocycles. The van der Waals surface area contributed by atoms with Crippen LogP contribution in [0.3, 0.4) is 0 Å². The van der Waals surface area contributed by atoms with Crippen LogP contribution in [-0.4, -0.2) is 60.4 Å². The molecule has 0 spiro atoms. The molecule has 0 radical (unpaired) electrons. The second-order valence-electron chi connectivity index (χ2n) is 7.01. The number of hydrogen-bond donors (Lipinski definition) is 1. The summed E-state index contributed by atoms with van der Waals surface area (Å²) in [6.45, 7) is 3.39. The number of hydrogen-bond acceptors (Lipinski definition) is 6. The van der Waals surface area contributed by atoms with Crippen molar-refractivity contribution in [2.75, 3.05) is 34.0 Å². The third-order valence-electron chi connectivity index (χ3n) is 5.26. The van der Waals surface area contributed by atoms with Crippen molar-refractivity contribution in [3.8, 4) is 11.5 Å². The lowest BCUT2D eigenvalue weighted by Crippen LogP contribution is -2.46. The zero-order chi connectivity index (χ0) is 20.3. The average molecular weight is 388 g/mol. The first kappa shape index (κ1) is 20.4. The molecule has 0 aliphatic carbocycles. The van der Waals surface area contributed by atoms with Crippen LogP contribution in [0.15, 0.2) is 30.5 Å². The number of Topliss-reactive ketones (excluding diaryl/α,β-unsaturated/α-hetero) is 1. The number of nitrogens with zero attached hydrogens (tertiary/aromatic N) is 2. The third kappa shape index (κ3) is 4.06. The maximum atomic E-state index is 11.7. The number of morpholine rings is 1. The van der Waals surface area contributed by atoms with Crippen molar-refractivity contribution < 1.29 is 24.1 Å². The first-order chi connectivity index (χ1) is 13.5. The van der Waals surface area contributed by atoms with Gasteiger partial charge in [0, 0.05) is 37.6 Å². The fraction of sp³-hybridized carbons (Fsp3) is 0.476. The normalized spacial score (nSPS) is 20.2. The van der Waals surface area contributed by atoms with Crippen molar-refractivity contribution in [1.82, 2.24) is 9.47 Å². The summed E-state index contributed by atoms with van der Waals surface area (Å²) in [5.41, 5.74) is 2.72. The number of aliphatic hydroxyl groups excluding tert-OH is 1. The summed E-state index contributed by atoms with van der Waals surface area (Å²) >= 11 is 0. The van der Waals surface area contributed by atoms with Crippen LogP contribution >= 0.6 is 0 Å². The number of ether oxygens (including phenoxy) is 3. The Morgan fingerprint density at radius 1 is 1.25 bits per heavy atom. The van der Waals surface area contributed by atoms with E-state index in [1.54, 1.807) is 21.1 Å². The summed E-state index contributed by atoms with van der Waals surface area (Å²) in [5, 5.41) is 9.91. The van der Waals surface area contributed by atoms with Crippen LogP contribution in [0.4, 0.5) is 0 Å². The minimum Gasteiger partial charge on any atom is -0.493 e. The highest BCUT2D eigenvalue weighted by molar-refractivity contribution is 5.94.